The molecule has 0 saturated carbocycles. The second-order valence-corrected chi connectivity index (χ2v) is 6.23. The molecule has 2 aliphatic heterocycles. The van der Waals surface area contributed by atoms with Gasteiger partial charge in [0.1, 0.15) is 5.82 Å². The van der Waals surface area contributed by atoms with E-state index < -0.39 is 12.2 Å². The summed E-state index contributed by atoms with van der Waals surface area (Å²) in [5, 5.41) is 20.6. The van der Waals surface area contributed by atoms with Crippen LogP contribution in [0.15, 0.2) is 18.3 Å². The van der Waals surface area contributed by atoms with Gasteiger partial charge in [0.15, 0.2) is 0 Å². The number of hydrogen-bond donors (Lipinski definition) is 2. The Balaban J connectivity index is 1.72. The minimum Gasteiger partial charge on any atom is -0.390 e. The molecule has 1 aromatic rings. The van der Waals surface area contributed by atoms with E-state index >= 15 is 0 Å². The first-order valence-corrected chi connectivity index (χ1v) is 8.15. The summed E-state index contributed by atoms with van der Waals surface area (Å²) in [5.74, 6) is -0.319. The van der Waals surface area contributed by atoms with Crippen molar-refractivity contribution in [3.05, 3.63) is 29.8 Å². The molecule has 0 aromatic carbocycles. The molecule has 3 heterocycles. The lowest BCUT2D eigenvalue weighted by Crippen LogP contribution is -2.55. The van der Waals surface area contributed by atoms with Crippen LogP contribution in [0.5, 0.6) is 0 Å². The van der Waals surface area contributed by atoms with Gasteiger partial charge in [0.25, 0.3) is 0 Å². The van der Waals surface area contributed by atoms with Crippen molar-refractivity contribution < 1.29 is 19.3 Å². The zero-order valence-corrected chi connectivity index (χ0v) is 13.1. The second kappa shape index (κ2) is 7.63. The summed E-state index contributed by atoms with van der Waals surface area (Å²) in [7, 11) is 0. The Morgan fingerprint density at radius 1 is 1.26 bits per heavy atom. The molecule has 0 radical (unpaired) electrons. The molecular weight excluding hydrogens is 301 g/mol. The van der Waals surface area contributed by atoms with E-state index in [-0.39, 0.29) is 11.9 Å². The molecule has 3 rings (SSSR count). The van der Waals surface area contributed by atoms with Crippen LogP contribution in [-0.2, 0) is 11.3 Å². The molecule has 0 bridgehead atoms. The van der Waals surface area contributed by atoms with Gasteiger partial charge in [-0.05, 0) is 18.6 Å². The van der Waals surface area contributed by atoms with Crippen molar-refractivity contribution in [3.8, 4) is 0 Å². The third-order valence-corrected chi connectivity index (χ3v) is 4.70. The van der Waals surface area contributed by atoms with Crippen molar-refractivity contribution in [3.63, 3.8) is 0 Å². The summed E-state index contributed by atoms with van der Waals surface area (Å²) >= 11 is 0. The van der Waals surface area contributed by atoms with E-state index in [4.69, 9.17) is 4.74 Å². The van der Waals surface area contributed by atoms with E-state index in [1.54, 1.807) is 12.3 Å². The largest absolute Gasteiger partial charge is 0.390 e. The molecule has 128 valence electrons. The molecule has 23 heavy (non-hydrogen) atoms. The van der Waals surface area contributed by atoms with E-state index in [0.717, 1.165) is 13.1 Å². The van der Waals surface area contributed by atoms with Crippen LogP contribution >= 0.6 is 0 Å². The topological polar surface area (TPSA) is 69.1 Å². The first-order chi connectivity index (χ1) is 11.1. The Kier molecular flexibility index (Phi) is 5.55. The maximum Gasteiger partial charge on any atom is 0.146 e. The number of ether oxygens (including phenoxy) is 1. The molecular formula is C16H24FN3O3. The highest BCUT2D eigenvalue weighted by molar-refractivity contribution is 5.07. The number of rotatable bonds is 3. The van der Waals surface area contributed by atoms with Gasteiger partial charge in [0.2, 0.25) is 0 Å². The Morgan fingerprint density at radius 2 is 2.04 bits per heavy atom. The fourth-order valence-electron chi connectivity index (χ4n) is 3.34. The van der Waals surface area contributed by atoms with Crippen LogP contribution in [0.2, 0.25) is 0 Å². The van der Waals surface area contributed by atoms with Crippen molar-refractivity contribution in [2.45, 2.75) is 31.2 Å². The molecule has 2 saturated heterocycles. The van der Waals surface area contributed by atoms with E-state index in [2.05, 4.69) is 14.8 Å². The summed E-state index contributed by atoms with van der Waals surface area (Å²) in [4.78, 5) is 8.32. The standard InChI is InChI=1S/C16H24FN3O3/c17-12-2-1-4-18-13(12)10-19-5-3-15(21)16(22)14(11-19)20-6-8-23-9-7-20/h1-2,4,14-16,21-22H,3,5-11H2/t14-,15-,16+/m1/s1. The van der Waals surface area contributed by atoms with Crippen LogP contribution in [0.3, 0.4) is 0 Å². The number of likely N-dealkylation sites (tertiary alicyclic amines) is 1. The molecule has 0 amide bonds. The smallest absolute Gasteiger partial charge is 0.146 e. The predicted molar refractivity (Wildman–Crippen MR) is 82.3 cm³/mol. The van der Waals surface area contributed by atoms with E-state index in [1.165, 1.54) is 6.07 Å². The minimum absolute atomic E-state index is 0.178. The van der Waals surface area contributed by atoms with E-state index in [9.17, 15) is 14.6 Å². The normalized spacial score (nSPS) is 31.0. The predicted octanol–water partition coefficient (Wildman–Crippen LogP) is -0.151. The highest BCUT2D eigenvalue weighted by Crippen LogP contribution is 2.20. The SMILES string of the molecule is O[C@@H]1[C@H](O)CCN(Cc2ncccc2F)C[C@H]1N1CCOCC1. The van der Waals surface area contributed by atoms with Crippen molar-refractivity contribution in [2.75, 3.05) is 39.4 Å². The van der Waals surface area contributed by atoms with Gasteiger partial charge in [-0.3, -0.25) is 14.8 Å². The highest BCUT2D eigenvalue weighted by Gasteiger charge is 2.36. The van der Waals surface area contributed by atoms with E-state index in [0.29, 0.717) is 45.0 Å². The van der Waals surface area contributed by atoms with Gasteiger partial charge in [0.05, 0.1) is 37.2 Å². The van der Waals surface area contributed by atoms with Gasteiger partial charge in [0, 0.05) is 38.9 Å². The van der Waals surface area contributed by atoms with Crippen molar-refractivity contribution in [2.24, 2.45) is 0 Å². The third-order valence-electron chi connectivity index (χ3n) is 4.70. The molecule has 1 aromatic heterocycles. The van der Waals surface area contributed by atoms with Gasteiger partial charge in [-0.25, -0.2) is 4.39 Å². The Hall–Kier alpha value is -1.12. The van der Waals surface area contributed by atoms with Crippen LogP contribution in [-0.4, -0.2) is 82.6 Å². The first kappa shape index (κ1) is 16.7. The van der Waals surface area contributed by atoms with Crippen LogP contribution in [0.25, 0.3) is 0 Å². The van der Waals surface area contributed by atoms with E-state index in [1.807, 2.05) is 0 Å². The van der Waals surface area contributed by atoms with Crippen LogP contribution < -0.4 is 0 Å². The monoisotopic (exact) mass is 325 g/mol. The van der Waals surface area contributed by atoms with Gasteiger partial charge in [-0.15, -0.1) is 0 Å². The molecule has 7 heteroatoms. The zero-order valence-electron chi connectivity index (χ0n) is 13.1. The number of nitrogens with zero attached hydrogens (tertiary/aromatic N) is 3. The number of aliphatic hydroxyl groups is 2. The third kappa shape index (κ3) is 4.05. The average molecular weight is 325 g/mol. The molecule has 0 unspecified atom stereocenters. The minimum atomic E-state index is -0.799. The van der Waals surface area contributed by atoms with Gasteiger partial charge in [-0.2, -0.15) is 0 Å². The second-order valence-electron chi connectivity index (χ2n) is 6.23. The Labute approximate surface area is 135 Å². The molecule has 3 atom stereocenters. The number of aliphatic hydroxyl groups excluding tert-OH is 2. The maximum absolute atomic E-state index is 13.8. The van der Waals surface area contributed by atoms with Gasteiger partial charge < -0.3 is 14.9 Å². The summed E-state index contributed by atoms with van der Waals surface area (Å²) in [6.45, 7) is 4.30. The van der Waals surface area contributed by atoms with Crippen LogP contribution in [0.1, 0.15) is 12.1 Å². The summed E-state index contributed by atoms with van der Waals surface area (Å²) in [6.07, 6.45) is 0.489. The summed E-state index contributed by atoms with van der Waals surface area (Å²) in [6, 6.07) is 2.80. The lowest BCUT2D eigenvalue weighted by Gasteiger charge is -2.38. The first-order valence-electron chi connectivity index (χ1n) is 8.15. The molecule has 2 N–H and O–H groups in total. The van der Waals surface area contributed by atoms with Crippen LogP contribution in [0, 0.1) is 5.82 Å². The van der Waals surface area contributed by atoms with Gasteiger partial charge >= 0.3 is 0 Å². The van der Waals surface area contributed by atoms with Crippen molar-refractivity contribution in [1.82, 2.24) is 14.8 Å². The Morgan fingerprint density at radius 3 is 2.78 bits per heavy atom. The number of halogens is 1. The molecule has 2 fully saturated rings. The van der Waals surface area contributed by atoms with Crippen LogP contribution in [0.4, 0.5) is 4.39 Å². The van der Waals surface area contributed by atoms with Gasteiger partial charge in [-0.1, -0.05) is 0 Å². The quantitative estimate of drug-likeness (QED) is 0.805. The molecule has 0 spiro atoms. The fourth-order valence-corrected chi connectivity index (χ4v) is 3.34. The van der Waals surface area contributed by atoms with Crippen molar-refractivity contribution in [1.29, 1.82) is 0 Å². The lowest BCUT2D eigenvalue weighted by atomic mass is 10.0. The number of hydrogen-bond acceptors (Lipinski definition) is 6. The number of morpholine rings is 1. The fraction of sp³-hybridized carbons (Fsp3) is 0.688. The average Bonchev–Trinajstić information content (AvgIpc) is 2.71. The summed E-state index contributed by atoms with van der Waals surface area (Å²) < 4.78 is 19.2. The number of aromatic nitrogens is 1. The summed E-state index contributed by atoms with van der Waals surface area (Å²) in [5.41, 5.74) is 0.402. The molecule has 0 aliphatic carbocycles. The zero-order chi connectivity index (χ0) is 16.2. The highest BCUT2D eigenvalue weighted by atomic mass is 19.1. The lowest BCUT2D eigenvalue weighted by molar-refractivity contribution is -0.0618. The molecule has 2 aliphatic rings. The molecule has 6 nitrogen and oxygen atoms in total. The van der Waals surface area contributed by atoms with Crippen molar-refractivity contribution >= 4 is 0 Å². The maximum atomic E-state index is 13.8. The Bertz CT molecular complexity index is 513. The number of pyridine rings is 1.